The van der Waals surface area contributed by atoms with E-state index in [1.807, 2.05) is 0 Å². The van der Waals surface area contributed by atoms with Crippen LogP contribution in [0.1, 0.15) is 251 Å². The molecule has 12 nitrogen and oxygen atoms in total. The van der Waals surface area contributed by atoms with Crippen molar-refractivity contribution in [3.8, 4) is 0 Å². The van der Waals surface area contributed by atoms with E-state index in [0.717, 1.165) is 44.9 Å². The number of carbonyl (C=O) groups is 2. The largest absolute Gasteiger partial charge is 0.462 e. The zero-order valence-corrected chi connectivity index (χ0v) is 42.2. The molecular weight excluding hydrogens is 849 g/mol. The summed E-state index contributed by atoms with van der Waals surface area (Å²) in [5.41, 5.74) is 0. The first kappa shape index (κ1) is 61.4. The third kappa shape index (κ3) is 37.0. The molecule has 384 valence electrons. The topological polar surface area (TPSA) is 186 Å². The average Bonchev–Trinajstić information content (AvgIpc) is 3.27. The molecule has 13 heteroatoms. The smallest absolute Gasteiger partial charge is 0.306 e. The third-order valence-corrected chi connectivity index (χ3v) is 13.3. The van der Waals surface area contributed by atoms with Crippen LogP contribution in [-0.4, -0.2) is 96.0 Å². The summed E-state index contributed by atoms with van der Waals surface area (Å²) in [4.78, 5) is 25.5. The van der Waals surface area contributed by atoms with E-state index in [2.05, 4.69) is 26.0 Å². The molecule has 0 spiro atoms. The Morgan fingerprint density at radius 3 is 1.29 bits per heavy atom. The lowest BCUT2D eigenvalue weighted by atomic mass is 10.00. The Balaban J connectivity index is 2.33. The second-order valence-corrected chi connectivity index (χ2v) is 20.4. The molecule has 0 saturated carbocycles. The minimum absolute atomic E-state index is 0.168. The third-order valence-electron chi connectivity index (χ3n) is 12.6. The van der Waals surface area contributed by atoms with Crippen molar-refractivity contribution in [3.63, 3.8) is 0 Å². The Bertz CT molecular complexity index is 1250. The number of rotatable bonds is 46. The van der Waals surface area contributed by atoms with Crippen molar-refractivity contribution in [2.75, 3.05) is 19.0 Å². The second kappa shape index (κ2) is 42.5. The summed E-state index contributed by atoms with van der Waals surface area (Å²) in [6, 6.07) is 0. The van der Waals surface area contributed by atoms with Gasteiger partial charge in [-0.3, -0.25) is 14.1 Å². The van der Waals surface area contributed by atoms with Gasteiger partial charge in [0.2, 0.25) is 0 Å². The molecule has 0 aromatic carbocycles. The predicted octanol–water partition coefficient (Wildman–Crippen LogP) is 12.2. The average molecular weight is 947 g/mol. The number of hydrogen-bond acceptors (Lipinski definition) is 11. The van der Waals surface area contributed by atoms with Gasteiger partial charge in [-0.1, -0.05) is 212 Å². The molecule has 1 aliphatic heterocycles. The number of esters is 2. The molecule has 65 heavy (non-hydrogen) atoms. The zero-order valence-electron chi connectivity index (χ0n) is 41.4. The molecule has 0 bridgehead atoms. The van der Waals surface area contributed by atoms with E-state index in [9.17, 15) is 37.9 Å². The van der Waals surface area contributed by atoms with E-state index in [1.54, 1.807) is 0 Å². The number of unbranched alkanes of at least 4 members (excludes halogenated alkanes) is 32. The molecule has 0 amide bonds. The highest BCUT2D eigenvalue weighted by atomic mass is 32.2. The SMILES string of the molecule is CCCCCCCCCC/C=C/CCCCCC(=O)OC[C@H](CO[C@H]1O[C@H](CS(=O)(=O)O)[C@@H](O)C(O)C1O)OC(=O)CCCCCCCCCCCCCCCCCCCCCCCC. The van der Waals surface area contributed by atoms with Crippen LogP contribution in [0.2, 0.25) is 0 Å². The molecule has 0 aromatic rings. The van der Waals surface area contributed by atoms with Crippen LogP contribution in [0.15, 0.2) is 12.2 Å². The standard InChI is InChI=1S/C52H98O12S/c1-3-5-7-9-11-13-15-17-19-20-21-22-23-24-25-27-29-31-33-35-37-39-41-48(54)63-45(43-62-52-51(57)50(56)49(55)46(64-52)44-65(58,59)60)42-61-47(53)40-38-36-34-32-30-28-26-18-16-14-12-10-8-6-4-2/h28,30,45-46,49-52,55-57H,3-27,29,31-44H2,1-2H3,(H,58,59,60)/b30-28+/t45-,46-,49-,50?,51?,52+/m1/s1. The first-order valence-electron chi connectivity index (χ1n) is 26.7. The molecule has 0 aliphatic carbocycles. The molecule has 6 atom stereocenters. The molecule has 0 radical (unpaired) electrons. The lowest BCUT2D eigenvalue weighted by molar-refractivity contribution is -0.297. The maximum atomic E-state index is 12.9. The van der Waals surface area contributed by atoms with Crippen LogP contribution >= 0.6 is 0 Å². The van der Waals surface area contributed by atoms with Crippen molar-refractivity contribution in [1.82, 2.24) is 0 Å². The summed E-state index contributed by atoms with van der Waals surface area (Å²) in [5, 5.41) is 31.0. The highest BCUT2D eigenvalue weighted by molar-refractivity contribution is 7.85. The Hall–Kier alpha value is -1.61. The molecular formula is C52H98O12S. The van der Waals surface area contributed by atoms with Crippen LogP contribution in [0.25, 0.3) is 0 Å². The molecule has 1 heterocycles. The first-order chi connectivity index (χ1) is 31.5. The van der Waals surface area contributed by atoms with Crippen LogP contribution in [0.5, 0.6) is 0 Å². The van der Waals surface area contributed by atoms with E-state index in [0.29, 0.717) is 12.8 Å². The maximum absolute atomic E-state index is 12.9. The van der Waals surface area contributed by atoms with E-state index in [4.69, 9.17) is 18.9 Å². The van der Waals surface area contributed by atoms with Gasteiger partial charge in [0.1, 0.15) is 36.8 Å². The van der Waals surface area contributed by atoms with Crippen molar-refractivity contribution in [3.05, 3.63) is 12.2 Å². The summed E-state index contributed by atoms with van der Waals surface area (Å²) < 4.78 is 54.3. The number of carbonyl (C=O) groups excluding carboxylic acids is 2. The van der Waals surface area contributed by atoms with Gasteiger partial charge in [0.25, 0.3) is 10.1 Å². The lowest BCUT2D eigenvalue weighted by Gasteiger charge is -2.40. The van der Waals surface area contributed by atoms with Crippen molar-refractivity contribution in [1.29, 1.82) is 0 Å². The Morgan fingerprint density at radius 1 is 0.508 bits per heavy atom. The Kier molecular flexibility index (Phi) is 40.1. The van der Waals surface area contributed by atoms with Gasteiger partial charge in [0, 0.05) is 12.8 Å². The van der Waals surface area contributed by atoms with Gasteiger partial charge in [0.05, 0.1) is 6.61 Å². The van der Waals surface area contributed by atoms with Crippen molar-refractivity contribution < 1.29 is 56.8 Å². The van der Waals surface area contributed by atoms with Gasteiger partial charge in [-0.2, -0.15) is 8.42 Å². The lowest BCUT2D eigenvalue weighted by Crippen LogP contribution is -2.60. The van der Waals surface area contributed by atoms with Crippen molar-refractivity contribution in [2.24, 2.45) is 0 Å². The highest BCUT2D eigenvalue weighted by Gasteiger charge is 2.46. The Labute approximate surface area is 396 Å². The first-order valence-corrected chi connectivity index (χ1v) is 28.4. The molecule has 2 unspecified atom stereocenters. The molecule has 1 saturated heterocycles. The number of allylic oxidation sites excluding steroid dienone is 2. The van der Waals surface area contributed by atoms with Crippen LogP contribution in [0, 0.1) is 0 Å². The summed E-state index contributed by atoms with van der Waals surface area (Å²) in [5.74, 6) is -1.98. The Morgan fingerprint density at radius 2 is 0.877 bits per heavy atom. The van der Waals surface area contributed by atoms with Crippen LogP contribution in [0.4, 0.5) is 0 Å². The number of ether oxygens (including phenoxy) is 4. The fourth-order valence-corrected chi connectivity index (χ4v) is 9.13. The minimum atomic E-state index is -4.60. The number of aliphatic hydroxyl groups excluding tert-OH is 3. The van der Waals surface area contributed by atoms with Gasteiger partial charge in [-0.15, -0.1) is 0 Å². The quantitative estimate of drug-likeness (QED) is 0.0196. The molecule has 0 aromatic heterocycles. The minimum Gasteiger partial charge on any atom is -0.462 e. The fourth-order valence-electron chi connectivity index (χ4n) is 8.44. The van der Waals surface area contributed by atoms with E-state index < -0.39 is 71.2 Å². The monoisotopic (exact) mass is 947 g/mol. The molecule has 1 fully saturated rings. The van der Waals surface area contributed by atoms with Gasteiger partial charge in [-0.25, -0.2) is 0 Å². The summed E-state index contributed by atoms with van der Waals surface area (Å²) in [6.07, 6.45) is 38.3. The summed E-state index contributed by atoms with van der Waals surface area (Å²) in [7, 11) is -4.60. The predicted molar refractivity (Wildman–Crippen MR) is 261 cm³/mol. The summed E-state index contributed by atoms with van der Waals surface area (Å²) >= 11 is 0. The van der Waals surface area contributed by atoms with Gasteiger partial charge in [-0.05, 0) is 38.5 Å². The molecule has 4 N–H and O–H groups in total. The maximum Gasteiger partial charge on any atom is 0.306 e. The van der Waals surface area contributed by atoms with Gasteiger partial charge >= 0.3 is 11.9 Å². The van der Waals surface area contributed by atoms with Crippen LogP contribution < -0.4 is 0 Å². The number of aliphatic hydroxyl groups is 3. The van der Waals surface area contributed by atoms with Crippen LogP contribution in [-0.2, 0) is 38.7 Å². The van der Waals surface area contributed by atoms with Crippen molar-refractivity contribution in [2.45, 2.75) is 288 Å². The second-order valence-electron chi connectivity index (χ2n) is 18.9. The highest BCUT2D eigenvalue weighted by Crippen LogP contribution is 2.24. The van der Waals surface area contributed by atoms with Crippen molar-refractivity contribution >= 4 is 22.1 Å². The summed E-state index contributed by atoms with van der Waals surface area (Å²) in [6.45, 7) is 3.79. The van der Waals surface area contributed by atoms with Gasteiger partial charge in [0.15, 0.2) is 12.4 Å². The molecule has 1 rings (SSSR count). The zero-order chi connectivity index (χ0) is 47.6. The van der Waals surface area contributed by atoms with Gasteiger partial charge < -0.3 is 34.3 Å². The van der Waals surface area contributed by atoms with Crippen LogP contribution in [0.3, 0.4) is 0 Å². The number of hydrogen-bond donors (Lipinski definition) is 4. The van der Waals surface area contributed by atoms with E-state index in [-0.39, 0.29) is 19.4 Å². The van der Waals surface area contributed by atoms with E-state index in [1.165, 1.54) is 167 Å². The molecule has 1 aliphatic rings. The van der Waals surface area contributed by atoms with E-state index >= 15 is 0 Å². The normalized spacial score (nSPS) is 19.5. The fraction of sp³-hybridized carbons (Fsp3) is 0.923.